The molecule has 0 aliphatic carbocycles. The number of aliphatic hydroxyl groups excluding tert-OH is 3. The van der Waals surface area contributed by atoms with Gasteiger partial charge in [-0.1, -0.05) is 99.6 Å². The minimum Gasteiger partial charge on any atom is -0.405 e. The van der Waals surface area contributed by atoms with Crippen LogP contribution in [-0.2, 0) is 13.9 Å². The first kappa shape index (κ1) is 34.5. The molecule has 5 aromatic rings. The van der Waals surface area contributed by atoms with E-state index in [9.17, 15) is 20.1 Å². The van der Waals surface area contributed by atoms with E-state index in [4.69, 9.17) is 13.9 Å². The van der Waals surface area contributed by atoms with Gasteiger partial charge in [0, 0.05) is 5.56 Å². The van der Waals surface area contributed by atoms with Crippen LogP contribution in [0, 0.1) is 0 Å². The molecule has 0 bridgehead atoms. The Balaban J connectivity index is 1.33. The van der Waals surface area contributed by atoms with Crippen molar-refractivity contribution in [1.29, 1.82) is 0 Å². The number of benzene rings is 3. The molecule has 0 saturated carbocycles. The summed E-state index contributed by atoms with van der Waals surface area (Å²) in [5.41, 5.74) is 1.10. The number of rotatable bonds is 12. The molecule has 1 aliphatic rings. The second kappa shape index (κ2) is 14.6. The van der Waals surface area contributed by atoms with Crippen LogP contribution in [0.15, 0.2) is 104 Å². The summed E-state index contributed by atoms with van der Waals surface area (Å²) in [6.07, 6.45) is -2.36. The predicted molar refractivity (Wildman–Crippen MR) is 186 cm³/mol. The van der Waals surface area contributed by atoms with Crippen molar-refractivity contribution >= 4 is 41.6 Å². The smallest absolute Gasteiger partial charge is 0.261 e. The van der Waals surface area contributed by atoms with Gasteiger partial charge in [0.2, 0.25) is 0 Å². The fourth-order valence-corrected chi connectivity index (χ4v) is 11.0. The number of ether oxygens (including phenoxy) is 2. The average Bonchev–Trinajstić information content (AvgIpc) is 3.69. The van der Waals surface area contributed by atoms with Gasteiger partial charge in [0.15, 0.2) is 23.2 Å². The fraction of sp³-hybridized carbons (Fsp3) is 0.333. The number of fused-ring (bicyclic) bond motifs is 1. The molecule has 2 aromatic heterocycles. The average molecular weight is 684 g/mol. The maximum Gasteiger partial charge on any atom is 0.261 e. The van der Waals surface area contributed by atoms with Crippen molar-refractivity contribution in [3.05, 3.63) is 109 Å². The summed E-state index contributed by atoms with van der Waals surface area (Å²) >= 11 is 0. The third-order valence-corrected chi connectivity index (χ3v) is 13.8. The van der Waals surface area contributed by atoms with Crippen molar-refractivity contribution in [3.8, 4) is 0 Å². The van der Waals surface area contributed by atoms with Gasteiger partial charge >= 0.3 is 0 Å². The van der Waals surface area contributed by atoms with Gasteiger partial charge in [0.25, 0.3) is 14.2 Å². The Hall–Kier alpha value is -4.34. The molecule has 1 amide bonds. The molecule has 49 heavy (non-hydrogen) atoms. The predicted octanol–water partition coefficient (Wildman–Crippen LogP) is 2.65. The number of hydrogen-bond acceptors (Lipinski definition) is 10. The van der Waals surface area contributed by atoms with Gasteiger partial charge in [-0.05, 0) is 27.5 Å². The van der Waals surface area contributed by atoms with Crippen molar-refractivity contribution in [2.24, 2.45) is 0 Å². The van der Waals surface area contributed by atoms with Crippen LogP contribution in [0.3, 0.4) is 0 Å². The number of anilines is 1. The third-order valence-electron chi connectivity index (χ3n) is 8.79. The van der Waals surface area contributed by atoms with E-state index in [1.807, 2.05) is 42.5 Å². The van der Waals surface area contributed by atoms with Crippen molar-refractivity contribution in [1.82, 2.24) is 19.5 Å². The highest BCUT2D eigenvalue weighted by molar-refractivity contribution is 6.99. The number of nitrogens with one attached hydrogen (secondary N) is 1. The van der Waals surface area contributed by atoms with Gasteiger partial charge in [0.05, 0.1) is 26.1 Å². The summed E-state index contributed by atoms with van der Waals surface area (Å²) in [6, 6.07) is 29.1. The number of aliphatic hydroxyl groups is 3. The van der Waals surface area contributed by atoms with Crippen LogP contribution in [0.25, 0.3) is 11.2 Å². The van der Waals surface area contributed by atoms with Gasteiger partial charge in [0.1, 0.15) is 30.7 Å². The summed E-state index contributed by atoms with van der Waals surface area (Å²) in [6.45, 7) is 5.78. The Morgan fingerprint density at radius 1 is 0.959 bits per heavy atom. The number of amides is 1. The molecule has 3 aromatic carbocycles. The Morgan fingerprint density at radius 2 is 1.57 bits per heavy atom. The summed E-state index contributed by atoms with van der Waals surface area (Å²) in [5, 5.41) is 36.0. The number of aromatic nitrogens is 4. The van der Waals surface area contributed by atoms with E-state index >= 15 is 0 Å². The lowest BCUT2D eigenvalue weighted by molar-refractivity contribution is -0.0947. The van der Waals surface area contributed by atoms with E-state index in [0.29, 0.717) is 16.7 Å². The van der Waals surface area contributed by atoms with E-state index in [0.717, 1.165) is 10.4 Å². The van der Waals surface area contributed by atoms with Crippen LogP contribution in [0.1, 0.15) is 37.4 Å². The molecule has 4 N–H and O–H groups in total. The molecule has 256 valence electrons. The number of imidazole rings is 1. The van der Waals surface area contributed by atoms with Gasteiger partial charge in [-0.15, -0.1) is 0 Å². The molecule has 6 rings (SSSR count). The van der Waals surface area contributed by atoms with Gasteiger partial charge in [-0.3, -0.25) is 9.36 Å². The van der Waals surface area contributed by atoms with Crippen molar-refractivity contribution in [3.63, 3.8) is 0 Å². The minimum absolute atomic E-state index is 0.0351. The van der Waals surface area contributed by atoms with Crippen LogP contribution in [0.5, 0.6) is 0 Å². The van der Waals surface area contributed by atoms with Crippen LogP contribution in [-0.4, -0.2) is 93.3 Å². The molecule has 1 fully saturated rings. The highest BCUT2D eigenvalue weighted by Gasteiger charge is 2.53. The van der Waals surface area contributed by atoms with E-state index in [2.05, 4.69) is 65.3 Å². The molecule has 5 atom stereocenters. The van der Waals surface area contributed by atoms with Crippen LogP contribution >= 0.6 is 0 Å². The maximum absolute atomic E-state index is 12.9. The largest absolute Gasteiger partial charge is 0.405 e. The Kier molecular flexibility index (Phi) is 10.3. The lowest BCUT2D eigenvalue weighted by Gasteiger charge is -2.43. The number of carbonyl (C=O) groups excluding carboxylic acids is 1. The highest BCUT2D eigenvalue weighted by Crippen LogP contribution is 2.39. The number of hydrogen-bond donors (Lipinski definition) is 4. The third kappa shape index (κ3) is 6.92. The summed E-state index contributed by atoms with van der Waals surface area (Å²) in [7, 11) is -2.98. The fourth-order valence-electron chi connectivity index (χ4n) is 6.40. The first-order chi connectivity index (χ1) is 23.6. The van der Waals surface area contributed by atoms with E-state index in [-0.39, 0.29) is 30.0 Å². The Morgan fingerprint density at radius 3 is 2.16 bits per heavy atom. The first-order valence-corrected chi connectivity index (χ1v) is 18.1. The first-order valence-electron chi connectivity index (χ1n) is 16.2. The molecular weight excluding hydrogens is 643 g/mol. The summed E-state index contributed by atoms with van der Waals surface area (Å²) in [4.78, 5) is 26.1. The second-order valence-electron chi connectivity index (χ2n) is 13.0. The molecule has 12 nitrogen and oxygen atoms in total. The number of nitrogens with zero attached hydrogens (tertiary/aromatic N) is 4. The zero-order valence-electron chi connectivity index (χ0n) is 27.6. The summed E-state index contributed by atoms with van der Waals surface area (Å²) in [5.74, 6) is -0.154. The minimum atomic E-state index is -2.98. The quantitative estimate of drug-likeness (QED) is 0.144. The van der Waals surface area contributed by atoms with Crippen LogP contribution in [0.2, 0.25) is 5.04 Å². The molecule has 0 spiro atoms. The molecule has 0 radical (unpaired) electrons. The Bertz CT molecular complexity index is 1800. The zero-order chi connectivity index (χ0) is 34.6. The van der Waals surface area contributed by atoms with Gasteiger partial charge in [-0.2, -0.15) is 0 Å². The zero-order valence-corrected chi connectivity index (χ0v) is 28.6. The van der Waals surface area contributed by atoms with E-state index < -0.39 is 45.6 Å². The van der Waals surface area contributed by atoms with Crippen molar-refractivity contribution in [2.75, 3.05) is 25.1 Å². The van der Waals surface area contributed by atoms with E-state index in [1.54, 1.807) is 28.8 Å². The molecule has 13 heteroatoms. The van der Waals surface area contributed by atoms with Crippen molar-refractivity contribution in [2.45, 2.75) is 56.5 Å². The second-order valence-corrected chi connectivity index (χ2v) is 17.3. The molecule has 1 aliphatic heterocycles. The van der Waals surface area contributed by atoms with E-state index in [1.165, 1.54) is 12.7 Å². The molecule has 1 saturated heterocycles. The molecular formula is C36H41N5O7Si. The number of carbonyl (C=O) groups is 1. The van der Waals surface area contributed by atoms with Crippen LogP contribution < -0.4 is 15.7 Å². The monoisotopic (exact) mass is 683 g/mol. The van der Waals surface area contributed by atoms with Gasteiger partial charge < -0.3 is 34.5 Å². The Labute approximate surface area is 285 Å². The normalized spacial score (nSPS) is 20.4. The lowest BCUT2D eigenvalue weighted by atomic mass is 10.1. The standard InChI is InChI=1S/C36H41N5O7Si/c1-36(2,3)49(26-15-9-5-10-16-26,27-17-11-6-12-18-27)47-21-28-30(44)31(46-20-25(43)19-42)35(48-28)41-23-39-29-32(37-22-38-33(29)41)40-34(45)24-13-7-4-8-14-24/h4-18,22-23,25,28,30-31,35,42-44H,19-21H2,1-3H3,(H,37,38,40,45)/t25?,28-,30?,31?,35-/m1/s1. The van der Waals surface area contributed by atoms with Gasteiger partial charge in [-0.25, -0.2) is 15.0 Å². The lowest BCUT2D eigenvalue weighted by Crippen LogP contribution is -2.67. The van der Waals surface area contributed by atoms with Crippen molar-refractivity contribution < 1.29 is 34.0 Å². The summed E-state index contributed by atoms with van der Waals surface area (Å²) < 4.78 is 21.2. The topological polar surface area (TPSA) is 161 Å². The maximum atomic E-state index is 12.9. The molecule has 3 unspecified atom stereocenters. The SMILES string of the molecule is CC(C)(C)[Si](OC[C@H]1O[C@@H](n2cnc3c(NC(=O)c4ccccc4)ncnc32)C(OCC(O)CO)C1O)(c1ccccc1)c1ccccc1. The van der Waals surface area contributed by atoms with Crippen LogP contribution in [0.4, 0.5) is 5.82 Å². The highest BCUT2D eigenvalue weighted by atomic mass is 28.4. The molecule has 3 heterocycles.